The van der Waals surface area contributed by atoms with Crippen molar-refractivity contribution in [2.75, 3.05) is 39.2 Å². The summed E-state index contributed by atoms with van der Waals surface area (Å²) in [5, 5.41) is 3.14. The van der Waals surface area contributed by atoms with E-state index in [4.69, 9.17) is 4.74 Å². The summed E-state index contributed by atoms with van der Waals surface area (Å²) < 4.78 is 18.8. The molecule has 5 nitrogen and oxygen atoms in total. The van der Waals surface area contributed by atoms with E-state index < -0.39 is 0 Å². The van der Waals surface area contributed by atoms with Crippen LogP contribution in [-0.4, -0.2) is 51.1 Å². The molecule has 1 saturated heterocycles. The number of carbonyl (C=O) groups excluding carboxylic acids is 1. The largest absolute Gasteiger partial charge is 0.494 e. The summed E-state index contributed by atoms with van der Waals surface area (Å²) in [4.78, 5) is 16.8. The van der Waals surface area contributed by atoms with Gasteiger partial charge in [0.1, 0.15) is 0 Å². The average molecular weight is 385 g/mol. The van der Waals surface area contributed by atoms with Crippen molar-refractivity contribution < 1.29 is 13.9 Å². The number of ether oxygens (including phenoxy) is 1. The van der Waals surface area contributed by atoms with Crippen LogP contribution < -0.4 is 15.0 Å². The van der Waals surface area contributed by atoms with Crippen LogP contribution >= 0.6 is 0 Å². The Labute approximate surface area is 166 Å². The third-order valence-corrected chi connectivity index (χ3v) is 5.19. The zero-order valence-corrected chi connectivity index (χ0v) is 16.7. The lowest BCUT2D eigenvalue weighted by atomic mass is 10.0. The van der Waals surface area contributed by atoms with Gasteiger partial charge < -0.3 is 15.0 Å². The fourth-order valence-corrected chi connectivity index (χ4v) is 3.48. The van der Waals surface area contributed by atoms with E-state index >= 15 is 0 Å². The van der Waals surface area contributed by atoms with Gasteiger partial charge in [-0.1, -0.05) is 6.07 Å². The van der Waals surface area contributed by atoms with Crippen LogP contribution in [0.5, 0.6) is 5.75 Å². The van der Waals surface area contributed by atoms with E-state index in [-0.39, 0.29) is 23.5 Å². The van der Waals surface area contributed by atoms with E-state index in [1.54, 1.807) is 6.07 Å². The molecule has 1 aliphatic rings. The minimum atomic E-state index is -0.331. The normalized spacial score (nSPS) is 15.3. The Kier molecular flexibility index (Phi) is 6.52. The predicted octanol–water partition coefficient (Wildman–Crippen LogP) is 3.29. The molecule has 2 aromatic rings. The number of nitrogens with zero attached hydrogens (tertiary/aromatic N) is 2. The zero-order valence-electron chi connectivity index (χ0n) is 16.7. The summed E-state index contributed by atoms with van der Waals surface area (Å²) in [5.74, 6) is -0.0906. The summed E-state index contributed by atoms with van der Waals surface area (Å²) in [6.45, 7) is 2.45. The Bertz CT molecular complexity index is 800. The topological polar surface area (TPSA) is 44.8 Å². The average Bonchev–Trinajstić information content (AvgIpc) is 2.69. The number of hydrogen-bond donors (Lipinski definition) is 1. The van der Waals surface area contributed by atoms with E-state index in [9.17, 15) is 9.18 Å². The molecule has 0 radical (unpaired) electrons. The molecule has 1 fully saturated rings. The van der Waals surface area contributed by atoms with Crippen molar-refractivity contribution in [3.63, 3.8) is 0 Å². The maximum Gasteiger partial charge on any atom is 0.251 e. The molecular weight excluding hydrogens is 357 g/mol. The second-order valence-electron chi connectivity index (χ2n) is 7.43. The van der Waals surface area contributed by atoms with Crippen molar-refractivity contribution in [3.05, 3.63) is 59.4 Å². The molecule has 1 amide bonds. The van der Waals surface area contributed by atoms with Gasteiger partial charge in [0.25, 0.3) is 5.91 Å². The summed E-state index contributed by atoms with van der Waals surface area (Å²) in [6.07, 6.45) is 1.78. The predicted molar refractivity (Wildman–Crippen MR) is 109 cm³/mol. The lowest BCUT2D eigenvalue weighted by molar-refractivity contribution is 0.0909. The van der Waals surface area contributed by atoms with E-state index in [1.807, 2.05) is 49.3 Å². The molecule has 3 rings (SSSR count). The lowest BCUT2D eigenvalue weighted by Crippen LogP contribution is -2.44. The summed E-state index contributed by atoms with van der Waals surface area (Å²) in [6, 6.07) is 12.9. The number of carbonyl (C=O) groups is 1. The monoisotopic (exact) mass is 385 g/mol. The highest BCUT2D eigenvalue weighted by Crippen LogP contribution is 2.20. The second-order valence-corrected chi connectivity index (χ2v) is 7.43. The molecular formula is C22H28FN3O2. The Morgan fingerprint density at radius 3 is 2.43 bits per heavy atom. The third kappa shape index (κ3) is 5.01. The number of halogens is 1. The number of rotatable bonds is 6. The van der Waals surface area contributed by atoms with Crippen LogP contribution in [0.15, 0.2) is 42.5 Å². The fraction of sp³-hybridized carbons (Fsp3) is 0.409. The first-order valence-corrected chi connectivity index (χ1v) is 9.59. The first-order chi connectivity index (χ1) is 13.5. The molecule has 0 aromatic heterocycles. The van der Waals surface area contributed by atoms with Crippen LogP contribution in [0, 0.1) is 5.82 Å². The van der Waals surface area contributed by atoms with Crippen molar-refractivity contribution in [2.24, 2.45) is 0 Å². The number of likely N-dealkylation sites (tertiary alicyclic amines) is 1. The molecule has 150 valence electrons. The fourth-order valence-electron chi connectivity index (χ4n) is 3.48. The quantitative estimate of drug-likeness (QED) is 0.829. The Hall–Kier alpha value is -2.60. The zero-order chi connectivity index (χ0) is 20.1. The van der Waals surface area contributed by atoms with Gasteiger partial charge in [-0.2, -0.15) is 0 Å². The highest BCUT2D eigenvalue weighted by atomic mass is 19.1. The van der Waals surface area contributed by atoms with Crippen LogP contribution in [0.4, 0.5) is 10.1 Å². The molecule has 1 N–H and O–H groups in total. The van der Waals surface area contributed by atoms with Crippen molar-refractivity contribution >= 4 is 11.6 Å². The molecule has 0 spiro atoms. The lowest BCUT2D eigenvalue weighted by Gasteiger charge is -2.32. The van der Waals surface area contributed by atoms with Gasteiger partial charge in [0.15, 0.2) is 11.6 Å². The standard InChI is InChI=1S/C22H28FN3O2/c1-25(2)19-7-5-17(6-8-19)22(27)24-18-10-12-26(13-11-18)15-16-4-9-21(28-3)20(23)14-16/h4-9,14,18H,10-13,15H2,1-3H3,(H,24,27). The third-order valence-electron chi connectivity index (χ3n) is 5.19. The van der Waals surface area contributed by atoms with Gasteiger partial charge in [0.05, 0.1) is 7.11 Å². The van der Waals surface area contributed by atoms with E-state index in [2.05, 4.69) is 10.2 Å². The van der Waals surface area contributed by atoms with Crippen LogP contribution in [0.2, 0.25) is 0 Å². The molecule has 0 saturated carbocycles. The number of nitrogens with one attached hydrogen (secondary N) is 1. The minimum absolute atomic E-state index is 0.0269. The van der Waals surface area contributed by atoms with E-state index in [0.717, 1.165) is 37.2 Å². The molecule has 28 heavy (non-hydrogen) atoms. The summed E-state index contributed by atoms with van der Waals surface area (Å²) in [7, 11) is 5.42. The summed E-state index contributed by atoms with van der Waals surface area (Å²) >= 11 is 0. The SMILES string of the molecule is COc1ccc(CN2CCC(NC(=O)c3ccc(N(C)C)cc3)CC2)cc1F. The Morgan fingerprint density at radius 2 is 1.86 bits per heavy atom. The van der Waals surface area contributed by atoms with Crippen molar-refractivity contribution in [2.45, 2.75) is 25.4 Å². The number of benzene rings is 2. The molecule has 2 aromatic carbocycles. The smallest absolute Gasteiger partial charge is 0.251 e. The molecule has 1 heterocycles. The Morgan fingerprint density at radius 1 is 1.18 bits per heavy atom. The number of anilines is 1. The van der Waals surface area contributed by atoms with Gasteiger partial charge >= 0.3 is 0 Å². The molecule has 0 unspecified atom stereocenters. The Balaban J connectivity index is 1.48. The van der Waals surface area contributed by atoms with Gasteiger partial charge in [-0.15, -0.1) is 0 Å². The molecule has 6 heteroatoms. The maximum atomic E-state index is 13.8. The van der Waals surface area contributed by atoms with Crippen molar-refractivity contribution in [1.82, 2.24) is 10.2 Å². The number of amides is 1. The molecule has 0 atom stereocenters. The molecule has 0 aliphatic carbocycles. The highest BCUT2D eigenvalue weighted by molar-refractivity contribution is 5.94. The first-order valence-electron chi connectivity index (χ1n) is 9.59. The minimum Gasteiger partial charge on any atom is -0.494 e. The van der Waals surface area contributed by atoms with E-state index in [0.29, 0.717) is 12.1 Å². The van der Waals surface area contributed by atoms with Gasteiger partial charge in [0.2, 0.25) is 0 Å². The van der Waals surface area contributed by atoms with Crippen LogP contribution in [0.1, 0.15) is 28.8 Å². The van der Waals surface area contributed by atoms with Crippen LogP contribution in [-0.2, 0) is 6.54 Å². The van der Waals surface area contributed by atoms with E-state index in [1.165, 1.54) is 13.2 Å². The van der Waals surface area contributed by atoms with Crippen LogP contribution in [0.3, 0.4) is 0 Å². The van der Waals surface area contributed by atoms with Crippen LogP contribution in [0.25, 0.3) is 0 Å². The second kappa shape index (κ2) is 9.06. The number of methoxy groups -OCH3 is 1. The number of hydrogen-bond acceptors (Lipinski definition) is 4. The van der Waals surface area contributed by atoms with Gasteiger partial charge in [-0.05, 0) is 54.8 Å². The molecule has 0 bridgehead atoms. The summed E-state index contributed by atoms with van der Waals surface area (Å²) in [5.41, 5.74) is 2.68. The first kappa shape index (κ1) is 20.1. The highest BCUT2D eigenvalue weighted by Gasteiger charge is 2.21. The van der Waals surface area contributed by atoms with Gasteiger partial charge in [0, 0.05) is 51.0 Å². The molecule has 1 aliphatic heterocycles. The number of piperidine rings is 1. The maximum absolute atomic E-state index is 13.8. The van der Waals surface area contributed by atoms with Gasteiger partial charge in [-0.3, -0.25) is 9.69 Å². The van der Waals surface area contributed by atoms with Gasteiger partial charge in [-0.25, -0.2) is 4.39 Å². The van der Waals surface area contributed by atoms with Crippen molar-refractivity contribution in [3.8, 4) is 5.75 Å². The van der Waals surface area contributed by atoms with Crippen molar-refractivity contribution in [1.29, 1.82) is 0 Å².